The molecular formula is C7H12N4S. The topological polar surface area (TPSA) is 63.8 Å². The number of aromatic nitrogens is 2. The molecule has 1 heterocycles. The largest absolute Gasteiger partial charge is 0.307 e. The van der Waals surface area contributed by atoms with Gasteiger partial charge in [-0.3, -0.25) is 4.98 Å². The van der Waals surface area contributed by atoms with Crippen molar-refractivity contribution >= 4 is 17.6 Å². The van der Waals surface area contributed by atoms with Gasteiger partial charge in [-0.25, -0.2) is 10.8 Å². The number of rotatable bonds is 4. The summed E-state index contributed by atoms with van der Waals surface area (Å²) < 4.78 is 0. The molecule has 0 amide bonds. The molecule has 0 fully saturated rings. The van der Waals surface area contributed by atoms with E-state index in [1.54, 1.807) is 24.2 Å². The first-order chi connectivity index (χ1) is 5.88. The summed E-state index contributed by atoms with van der Waals surface area (Å²) in [7, 11) is 0. The molecule has 1 aromatic rings. The minimum Gasteiger partial charge on any atom is -0.307 e. The highest BCUT2D eigenvalue weighted by molar-refractivity contribution is 7.98. The summed E-state index contributed by atoms with van der Waals surface area (Å²) in [5.41, 5.74) is 3.45. The number of thioether (sulfide) groups is 1. The van der Waals surface area contributed by atoms with E-state index in [9.17, 15) is 0 Å². The van der Waals surface area contributed by atoms with Gasteiger partial charge in [-0.2, -0.15) is 11.8 Å². The zero-order chi connectivity index (χ0) is 8.81. The van der Waals surface area contributed by atoms with Crippen LogP contribution in [0.5, 0.6) is 0 Å². The second-order valence-corrected chi connectivity index (χ2v) is 3.22. The maximum absolute atomic E-state index is 5.26. The van der Waals surface area contributed by atoms with Crippen LogP contribution in [0.15, 0.2) is 12.4 Å². The van der Waals surface area contributed by atoms with Gasteiger partial charge < -0.3 is 5.43 Å². The van der Waals surface area contributed by atoms with Crippen LogP contribution in [0.3, 0.4) is 0 Å². The number of nitrogens with zero attached hydrogens (tertiary/aromatic N) is 2. The Labute approximate surface area is 75.9 Å². The molecule has 1 rings (SSSR count). The quantitative estimate of drug-likeness (QED) is 0.532. The summed E-state index contributed by atoms with van der Waals surface area (Å²) in [6.07, 6.45) is 6.26. The van der Waals surface area contributed by atoms with Gasteiger partial charge in [0.05, 0.1) is 5.69 Å². The predicted molar refractivity (Wildman–Crippen MR) is 51.9 cm³/mol. The number of hydrogen-bond donors (Lipinski definition) is 2. The van der Waals surface area contributed by atoms with E-state index in [1.165, 1.54) is 0 Å². The zero-order valence-electron chi connectivity index (χ0n) is 6.95. The van der Waals surface area contributed by atoms with Crippen molar-refractivity contribution in [1.29, 1.82) is 0 Å². The highest BCUT2D eigenvalue weighted by Crippen LogP contribution is 2.08. The van der Waals surface area contributed by atoms with Crippen LogP contribution < -0.4 is 11.3 Å². The number of aryl methyl sites for hydroxylation is 1. The molecular weight excluding hydrogens is 172 g/mol. The molecule has 0 aliphatic rings. The molecule has 66 valence electrons. The summed E-state index contributed by atoms with van der Waals surface area (Å²) >= 11 is 1.78. The van der Waals surface area contributed by atoms with E-state index in [0.29, 0.717) is 5.82 Å². The van der Waals surface area contributed by atoms with Crippen LogP contribution in [0.2, 0.25) is 0 Å². The fraction of sp³-hybridized carbons (Fsp3) is 0.429. The molecule has 3 N–H and O–H groups in total. The molecule has 0 saturated heterocycles. The van der Waals surface area contributed by atoms with Crippen LogP contribution in [-0.4, -0.2) is 22.0 Å². The number of nitrogens with one attached hydrogen (secondary N) is 1. The third-order valence-electron chi connectivity index (χ3n) is 1.45. The Morgan fingerprint density at radius 3 is 2.92 bits per heavy atom. The number of nitrogen functional groups attached to an aromatic ring is 1. The van der Waals surface area contributed by atoms with Crippen LogP contribution in [0.1, 0.15) is 5.69 Å². The Balaban J connectivity index is 2.68. The van der Waals surface area contributed by atoms with Gasteiger partial charge in [-0.05, 0) is 12.0 Å². The second kappa shape index (κ2) is 4.95. The smallest absolute Gasteiger partial charge is 0.161 e. The monoisotopic (exact) mass is 184 g/mol. The molecule has 5 heteroatoms. The predicted octanol–water partition coefficient (Wildman–Crippen LogP) is 0.668. The summed E-state index contributed by atoms with van der Waals surface area (Å²) in [6, 6.07) is 0. The molecule has 0 aliphatic heterocycles. The fourth-order valence-electron chi connectivity index (χ4n) is 0.869. The van der Waals surface area contributed by atoms with Crippen molar-refractivity contribution in [1.82, 2.24) is 9.97 Å². The van der Waals surface area contributed by atoms with Crippen molar-refractivity contribution < 1.29 is 0 Å². The molecule has 1 aromatic heterocycles. The van der Waals surface area contributed by atoms with Crippen molar-refractivity contribution in [3.05, 3.63) is 18.1 Å². The molecule has 4 nitrogen and oxygen atoms in total. The SMILES string of the molecule is CSCCc1nccnc1NN. The van der Waals surface area contributed by atoms with E-state index in [-0.39, 0.29) is 0 Å². The molecule has 0 atom stereocenters. The third kappa shape index (κ3) is 2.35. The van der Waals surface area contributed by atoms with Crippen molar-refractivity contribution in [3.8, 4) is 0 Å². The first-order valence-electron chi connectivity index (χ1n) is 3.64. The molecule has 0 unspecified atom stereocenters. The highest BCUT2D eigenvalue weighted by Gasteiger charge is 2.01. The molecule has 0 radical (unpaired) electrons. The van der Waals surface area contributed by atoms with Crippen molar-refractivity contribution in [2.75, 3.05) is 17.4 Å². The lowest BCUT2D eigenvalue weighted by Gasteiger charge is -2.04. The van der Waals surface area contributed by atoms with Crippen LogP contribution in [-0.2, 0) is 6.42 Å². The van der Waals surface area contributed by atoms with E-state index >= 15 is 0 Å². The summed E-state index contributed by atoms with van der Waals surface area (Å²) in [4.78, 5) is 8.21. The summed E-state index contributed by atoms with van der Waals surface area (Å²) in [5.74, 6) is 6.97. The zero-order valence-corrected chi connectivity index (χ0v) is 7.77. The first kappa shape index (κ1) is 9.28. The lowest BCUT2D eigenvalue weighted by Crippen LogP contribution is -2.12. The maximum Gasteiger partial charge on any atom is 0.161 e. The van der Waals surface area contributed by atoms with Crippen molar-refractivity contribution in [3.63, 3.8) is 0 Å². The van der Waals surface area contributed by atoms with Crippen molar-refractivity contribution in [2.45, 2.75) is 6.42 Å². The van der Waals surface area contributed by atoms with E-state index in [0.717, 1.165) is 17.9 Å². The standard InChI is InChI=1S/C7H12N4S/c1-12-5-2-6-7(11-8)10-4-3-9-6/h3-4H,2,5,8H2,1H3,(H,10,11). The minimum absolute atomic E-state index is 0.673. The van der Waals surface area contributed by atoms with Crippen molar-refractivity contribution in [2.24, 2.45) is 5.84 Å². The van der Waals surface area contributed by atoms with E-state index < -0.39 is 0 Å². The minimum atomic E-state index is 0.673. The fourth-order valence-corrected chi connectivity index (χ4v) is 1.27. The number of anilines is 1. The lowest BCUT2D eigenvalue weighted by atomic mass is 10.3. The third-order valence-corrected chi connectivity index (χ3v) is 2.07. The highest BCUT2D eigenvalue weighted by atomic mass is 32.2. The second-order valence-electron chi connectivity index (χ2n) is 2.24. The average molecular weight is 184 g/mol. The average Bonchev–Trinajstić information content (AvgIpc) is 2.15. The van der Waals surface area contributed by atoms with Gasteiger partial charge in [0.25, 0.3) is 0 Å². The Bertz CT molecular complexity index is 241. The lowest BCUT2D eigenvalue weighted by molar-refractivity contribution is 1.00. The van der Waals surface area contributed by atoms with Crippen LogP contribution >= 0.6 is 11.8 Å². The molecule has 0 bridgehead atoms. The molecule has 12 heavy (non-hydrogen) atoms. The molecule has 0 aromatic carbocycles. The van der Waals surface area contributed by atoms with Crippen LogP contribution in [0.4, 0.5) is 5.82 Å². The number of hydrazine groups is 1. The summed E-state index contributed by atoms with van der Waals surface area (Å²) in [5, 5.41) is 0. The van der Waals surface area contributed by atoms with E-state index in [1.807, 2.05) is 0 Å². The maximum atomic E-state index is 5.26. The Hall–Kier alpha value is -0.810. The van der Waals surface area contributed by atoms with Crippen LogP contribution in [0.25, 0.3) is 0 Å². The summed E-state index contributed by atoms with van der Waals surface area (Å²) in [6.45, 7) is 0. The first-order valence-corrected chi connectivity index (χ1v) is 5.03. The van der Waals surface area contributed by atoms with Gasteiger partial charge in [0.15, 0.2) is 5.82 Å². The van der Waals surface area contributed by atoms with Gasteiger partial charge in [0.2, 0.25) is 0 Å². The van der Waals surface area contributed by atoms with Gasteiger partial charge in [0, 0.05) is 18.8 Å². The Kier molecular flexibility index (Phi) is 3.83. The number of hydrogen-bond acceptors (Lipinski definition) is 5. The van der Waals surface area contributed by atoms with Gasteiger partial charge in [-0.15, -0.1) is 0 Å². The Morgan fingerprint density at radius 2 is 2.25 bits per heavy atom. The van der Waals surface area contributed by atoms with E-state index in [2.05, 4.69) is 21.6 Å². The molecule has 0 saturated carbocycles. The van der Waals surface area contributed by atoms with E-state index in [4.69, 9.17) is 5.84 Å². The normalized spacial score (nSPS) is 9.83. The number of nitrogens with two attached hydrogens (primary N) is 1. The van der Waals surface area contributed by atoms with Gasteiger partial charge in [0.1, 0.15) is 0 Å². The Morgan fingerprint density at radius 1 is 1.50 bits per heavy atom. The van der Waals surface area contributed by atoms with Gasteiger partial charge >= 0.3 is 0 Å². The van der Waals surface area contributed by atoms with Crippen LogP contribution in [0, 0.1) is 0 Å². The molecule has 0 spiro atoms. The van der Waals surface area contributed by atoms with Gasteiger partial charge in [-0.1, -0.05) is 0 Å². The molecule has 0 aliphatic carbocycles.